The van der Waals surface area contributed by atoms with Crippen LogP contribution in [0.25, 0.3) is 0 Å². The number of esters is 1. The molecular weight excluding hydrogens is 324 g/mol. The minimum absolute atomic E-state index is 0.0621. The Hall–Kier alpha value is -1.64. The van der Waals surface area contributed by atoms with Gasteiger partial charge in [0.05, 0.1) is 0 Å². The second-order valence-electron chi connectivity index (χ2n) is 8.77. The molecule has 4 atom stereocenters. The molecule has 0 N–H and O–H groups in total. The third-order valence-corrected chi connectivity index (χ3v) is 7.37. The molecule has 0 spiro atoms. The number of aryl methyl sites for hydroxylation is 1. The maximum absolute atomic E-state index is 12.4. The van der Waals surface area contributed by atoms with E-state index in [9.17, 15) is 9.59 Å². The van der Waals surface area contributed by atoms with Crippen LogP contribution in [-0.4, -0.2) is 11.8 Å². The van der Waals surface area contributed by atoms with Gasteiger partial charge in [-0.1, -0.05) is 26.3 Å². The second kappa shape index (κ2) is 6.83. The number of rotatable bonds is 4. The van der Waals surface area contributed by atoms with Gasteiger partial charge in [0.2, 0.25) is 0 Å². The lowest BCUT2D eigenvalue weighted by atomic mass is 9.55. The summed E-state index contributed by atoms with van der Waals surface area (Å²) >= 11 is 0. The summed E-state index contributed by atoms with van der Waals surface area (Å²) in [4.78, 5) is 24.3. The van der Waals surface area contributed by atoms with Gasteiger partial charge >= 0.3 is 5.97 Å². The monoisotopic (exact) mass is 354 g/mol. The number of benzene rings is 1. The first-order valence-corrected chi connectivity index (χ1v) is 10.4. The Kier molecular flexibility index (Phi) is 4.66. The fourth-order valence-corrected chi connectivity index (χ4v) is 5.90. The van der Waals surface area contributed by atoms with Crippen molar-refractivity contribution in [1.29, 1.82) is 0 Å². The van der Waals surface area contributed by atoms with Crippen LogP contribution in [0.1, 0.15) is 82.3 Å². The number of hydrogen-bond acceptors (Lipinski definition) is 3. The fourth-order valence-electron chi connectivity index (χ4n) is 5.90. The van der Waals surface area contributed by atoms with E-state index in [-0.39, 0.29) is 11.4 Å². The predicted molar refractivity (Wildman–Crippen MR) is 101 cm³/mol. The number of ketones is 1. The van der Waals surface area contributed by atoms with Gasteiger partial charge in [-0.05, 0) is 79.5 Å². The lowest BCUT2D eigenvalue weighted by Gasteiger charge is -2.48. The van der Waals surface area contributed by atoms with Crippen LogP contribution in [0.3, 0.4) is 0 Å². The summed E-state index contributed by atoms with van der Waals surface area (Å²) in [5, 5.41) is 0. The molecule has 2 saturated carbocycles. The van der Waals surface area contributed by atoms with Gasteiger partial charge in [-0.25, -0.2) is 0 Å². The first kappa shape index (κ1) is 17.8. The van der Waals surface area contributed by atoms with E-state index in [4.69, 9.17) is 4.74 Å². The average molecular weight is 354 g/mol. The van der Waals surface area contributed by atoms with Crippen LogP contribution in [0.15, 0.2) is 18.2 Å². The van der Waals surface area contributed by atoms with Crippen LogP contribution in [-0.2, 0) is 16.0 Å². The maximum atomic E-state index is 12.4. The molecule has 3 nitrogen and oxygen atoms in total. The molecule has 140 valence electrons. The zero-order valence-electron chi connectivity index (χ0n) is 16.1. The number of carbonyl (C=O) groups is 2. The Morgan fingerprint density at radius 1 is 1.23 bits per heavy atom. The van der Waals surface area contributed by atoms with Crippen LogP contribution in [0, 0.1) is 17.3 Å². The second-order valence-corrected chi connectivity index (χ2v) is 8.77. The van der Waals surface area contributed by atoms with E-state index in [0.29, 0.717) is 35.7 Å². The molecule has 3 aliphatic rings. The lowest BCUT2D eigenvalue weighted by molar-refractivity contribution is -0.134. The topological polar surface area (TPSA) is 43.4 Å². The standard InChI is InChI=1S/C23H30O3/c1-3-4-5-22(25)26-16-7-9-17-15(14-16)6-8-19-18(17)12-13-23(2)20(19)10-11-21(23)24/h7,9,14,18-20H,3-6,8,10-13H2,1-2H3/t18-,19-,20+,23+/m1/s1. The summed E-state index contributed by atoms with van der Waals surface area (Å²) in [5.74, 6) is 2.85. The molecule has 0 amide bonds. The Labute approximate surface area is 156 Å². The van der Waals surface area contributed by atoms with Crippen LogP contribution < -0.4 is 4.74 Å². The largest absolute Gasteiger partial charge is 0.427 e. The summed E-state index contributed by atoms with van der Waals surface area (Å²) in [5.41, 5.74) is 2.73. The van der Waals surface area contributed by atoms with Crippen molar-refractivity contribution in [1.82, 2.24) is 0 Å². The summed E-state index contributed by atoms with van der Waals surface area (Å²) in [6.07, 6.45) is 8.60. The van der Waals surface area contributed by atoms with Gasteiger partial charge in [0.1, 0.15) is 11.5 Å². The van der Waals surface area contributed by atoms with E-state index in [0.717, 1.165) is 44.9 Å². The average Bonchev–Trinajstić information content (AvgIpc) is 2.94. The summed E-state index contributed by atoms with van der Waals surface area (Å²) in [6.45, 7) is 4.30. The van der Waals surface area contributed by atoms with Crippen molar-refractivity contribution in [3.05, 3.63) is 29.3 Å². The van der Waals surface area contributed by atoms with Crippen molar-refractivity contribution in [2.45, 2.75) is 77.6 Å². The Bertz CT molecular complexity index is 722. The van der Waals surface area contributed by atoms with Gasteiger partial charge in [0.25, 0.3) is 0 Å². The number of ether oxygens (including phenoxy) is 1. The van der Waals surface area contributed by atoms with E-state index >= 15 is 0 Å². The van der Waals surface area contributed by atoms with Crippen molar-refractivity contribution >= 4 is 11.8 Å². The lowest BCUT2D eigenvalue weighted by Crippen LogP contribution is -2.42. The Morgan fingerprint density at radius 3 is 2.88 bits per heavy atom. The van der Waals surface area contributed by atoms with Gasteiger partial charge < -0.3 is 4.74 Å². The molecule has 2 fully saturated rings. The van der Waals surface area contributed by atoms with Gasteiger partial charge in [-0.15, -0.1) is 0 Å². The molecule has 4 rings (SSSR count). The van der Waals surface area contributed by atoms with Gasteiger partial charge in [0.15, 0.2) is 0 Å². The summed E-state index contributed by atoms with van der Waals surface area (Å²) < 4.78 is 5.53. The molecular formula is C23H30O3. The highest BCUT2D eigenvalue weighted by molar-refractivity contribution is 5.87. The highest BCUT2D eigenvalue weighted by Gasteiger charge is 2.54. The molecule has 0 bridgehead atoms. The molecule has 26 heavy (non-hydrogen) atoms. The zero-order chi connectivity index (χ0) is 18.3. The molecule has 0 saturated heterocycles. The van der Waals surface area contributed by atoms with Crippen molar-refractivity contribution in [2.24, 2.45) is 17.3 Å². The molecule has 3 heteroatoms. The van der Waals surface area contributed by atoms with Gasteiger partial charge in [0, 0.05) is 18.3 Å². The van der Waals surface area contributed by atoms with Gasteiger partial charge in [-0.2, -0.15) is 0 Å². The number of fused-ring (bicyclic) bond motifs is 5. The molecule has 0 radical (unpaired) electrons. The number of carbonyl (C=O) groups excluding carboxylic acids is 2. The van der Waals surface area contributed by atoms with Crippen molar-refractivity contribution in [2.75, 3.05) is 0 Å². The molecule has 3 aliphatic carbocycles. The van der Waals surface area contributed by atoms with Crippen molar-refractivity contribution in [3.63, 3.8) is 0 Å². The fraction of sp³-hybridized carbons (Fsp3) is 0.652. The van der Waals surface area contributed by atoms with Crippen molar-refractivity contribution in [3.8, 4) is 5.75 Å². The highest BCUT2D eigenvalue weighted by atomic mass is 16.5. The van der Waals surface area contributed by atoms with Crippen molar-refractivity contribution < 1.29 is 14.3 Å². The van der Waals surface area contributed by atoms with E-state index in [1.165, 1.54) is 17.5 Å². The third-order valence-electron chi connectivity index (χ3n) is 7.37. The molecule has 0 unspecified atom stereocenters. The molecule has 1 aromatic carbocycles. The first-order valence-electron chi connectivity index (χ1n) is 10.4. The smallest absolute Gasteiger partial charge is 0.311 e. The van der Waals surface area contributed by atoms with E-state index in [2.05, 4.69) is 26.0 Å². The van der Waals surface area contributed by atoms with Crippen LogP contribution in [0.2, 0.25) is 0 Å². The number of Topliss-reactive ketones (excluding diaryl/α,β-unsaturated/α-hetero) is 1. The SMILES string of the molecule is CCCCC(=O)Oc1ccc2c(c1)CC[C@@H]1[C@@H]2CC[C@]2(C)C(=O)CC[C@@H]12. The normalized spacial score (nSPS) is 32.5. The summed E-state index contributed by atoms with van der Waals surface area (Å²) in [6, 6.07) is 6.25. The Morgan fingerprint density at radius 2 is 2.08 bits per heavy atom. The van der Waals surface area contributed by atoms with Crippen LogP contribution in [0.5, 0.6) is 5.75 Å². The summed E-state index contributed by atoms with van der Waals surface area (Å²) in [7, 11) is 0. The molecule has 0 aromatic heterocycles. The van der Waals surface area contributed by atoms with E-state index in [1.807, 2.05) is 6.07 Å². The number of hydrogen-bond donors (Lipinski definition) is 0. The third kappa shape index (κ3) is 2.90. The minimum Gasteiger partial charge on any atom is -0.427 e. The van der Waals surface area contributed by atoms with Crippen LogP contribution in [0.4, 0.5) is 0 Å². The van der Waals surface area contributed by atoms with Gasteiger partial charge in [-0.3, -0.25) is 9.59 Å². The number of unbranched alkanes of at least 4 members (excludes halogenated alkanes) is 1. The van der Waals surface area contributed by atoms with E-state index < -0.39 is 0 Å². The highest BCUT2D eigenvalue weighted by Crippen LogP contribution is 2.59. The molecule has 0 heterocycles. The molecule has 1 aromatic rings. The quantitative estimate of drug-likeness (QED) is 0.551. The maximum Gasteiger partial charge on any atom is 0.311 e. The van der Waals surface area contributed by atoms with E-state index in [1.54, 1.807) is 0 Å². The first-order chi connectivity index (χ1) is 12.5. The Balaban J connectivity index is 1.52. The predicted octanol–water partition coefficient (Wildman–Crippen LogP) is 5.21. The zero-order valence-corrected chi connectivity index (χ0v) is 16.1. The van der Waals surface area contributed by atoms with Crippen LogP contribution >= 0.6 is 0 Å². The minimum atomic E-state index is -0.126. The molecule has 0 aliphatic heterocycles.